The van der Waals surface area contributed by atoms with Crippen LogP contribution in [0.3, 0.4) is 0 Å². The summed E-state index contributed by atoms with van der Waals surface area (Å²) in [6.45, 7) is 2.82. The van der Waals surface area contributed by atoms with E-state index >= 15 is 0 Å². The molecule has 20 heavy (non-hydrogen) atoms. The molecule has 1 aromatic carbocycles. The van der Waals surface area contributed by atoms with E-state index in [1.54, 1.807) is 6.33 Å². The molecule has 106 valence electrons. The van der Waals surface area contributed by atoms with Crippen molar-refractivity contribution in [2.45, 2.75) is 44.8 Å². The molecule has 1 N–H and O–H groups in total. The molecule has 1 unspecified atom stereocenters. The lowest BCUT2D eigenvalue weighted by Crippen LogP contribution is -2.39. The van der Waals surface area contributed by atoms with Crippen LogP contribution in [0.2, 0.25) is 0 Å². The van der Waals surface area contributed by atoms with Gasteiger partial charge in [0.15, 0.2) is 0 Å². The van der Waals surface area contributed by atoms with E-state index in [1.165, 1.54) is 11.1 Å². The lowest BCUT2D eigenvalue weighted by molar-refractivity contribution is 0.0238. The average Bonchev–Trinajstić information content (AvgIpc) is 2.86. The molecule has 0 radical (unpaired) electrons. The van der Waals surface area contributed by atoms with Crippen LogP contribution in [0, 0.1) is 0 Å². The Hall–Kier alpha value is -1.20. The highest BCUT2D eigenvalue weighted by atomic mass is 79.9. The van der Waals surface area contributed by atoms with Gasteiger partial charge in [-0.1, -0.05) is 22.0 Å². The fourth-order valence-corrected chi connectivity index (χ4v) is 3.35. The smallest absolute Gasteiger partial charge is 0.138 e. The highest BCUT2D eigenvalue weighted by molar-refractivity contribution is 9.10. The summed E-state index contributed by atoms with van der Waals surface area (Å²) < 4.78 is 2.96. The number of hydrogen-bond acceptors (Lipinski definition) is 3. The van der Waals surface area contributed by atoms with Gasteiger partial charge in [0.2, 0.25) is 0 Å². The minimum Gasteiger partial charge on any atom is -0.389 e. The normalized spacial score (nSPS) is 21.8. The van der Waals surface area contributed by atoms with Crippen molar-refractivity contribution in [3.05, 3.63) is 46.0 Å². The summed E-state index contributed by atoms with van der Waals surface area (Å²) in [6, 6.07) is 6.30. The van der Waals surface area contributed by atoms with E-state index in [2.05, 4.69) is 38.1 Å². The molecule has 0 saturated carbocycles. The van der Waals surface area contributed by atoms with Crippen LogP contribution in [0.5, 0.6) is 0 Å². The Morgan fingerprint density at radius 2 is 2.25 bits per heavy atom. The first-order valence-electron chi connectivity index (χ1n) is 6.96. The van der Waals surface area contributed by atoms with Crippen molar-refractivity contribution in [3.63, 3.8) is 0 Å². The van der Waals surface area contributed by atoms with Gasteiger partial charge in [0.1, 0.15) is 12.2 Å². The summed E-state index contributed by atoms with van der Waals surface area (Å²) in [4.78, 5) is 4.28. The lowest BCUT2D eigenvalue weighted by Gasteiger charge is -2.33. The first kappa shape index (κ1) is 13.8. The fourth-order valence-electron chi connectivity index (χ4n) is 2.94. The van der Waals surface area contributed by atoms with Crippen LogP contribution >= 0.6 is 15.9 Å². The Labute approximate surface area is 127 Å². The summed E-state index contributed by atoms with van der Waals surface area (Å²) in [5.74, 6) is 0.871. The topological polar surface area (TPSA) is 50.9 Å². The summed E-state index contributed by atoms with van der Waals surface area (Å²) in [6.07, 6.45) is 4.50. The molecule has 0 bridgehead atoms. The molecule has 1 atom stereocenters. The van der Waals surface area contributed by atoms with Gasteiger partial charge in [-0.15, -0.1) is 0 Å². The Kier molecular flexibility index (Phi) is 3.65. The Morgan fingerprint density at radius 1 is 1.40 bits per heavy atom. The zero-order valence-corrected chi connectivity index (χ0v) is 13.1. The van der Waals surface area contributed by atoms with Gasteiger partial charge in [0.05, 0.1) is 5.60 Å². The molecule has 0 saturated heterocycles. The first-order valence-corrected chi connectivity index (χ1v) is 7.75. The molecular weight excluding hydrogens is 318 g/mol. The van der Waals surface area contributed by atoms with Crippen LogP contribution in [0.25, 0.3) is 0 Å². The predicted molar refractivity (Wildman–Crippen MR) is 80.5 cm³/mol. The minimum absolute atomic E-state index is 0.566. The Balaban J connectivity index is 1.82. The number of fused-ring (bicyclic) bond motifs is 1. The van der Waals surface area contributed by atoms with Crippen LogP contribution in [0.15, 0.2) is 29.0 Å². The van der Waals surface area contributed by atoms with Gasteiger partial charge in [0.25, 0.3) is 0 Å². The van der Waals surface area contributed by atoms with Crippen LogP contribution in [-0.4, -0.2) is 25.5 Å². The number of nitrogens with zero attached hydrogens (tertiary/aromatic N) is 3. The zero-order chi connectivity index (χ0) is 14.2. The van der Waals surface area contributed by atoms with Crippen LogP contribution in [0.4, 0.5) is 0 Å². The third-order valence-corrected chi connectivity index (χ3v) is 4.52. The number of rotatable bonds is 3. The van der Waals surface area contributed by atoms with Gasteiger partial charge in [0, 0.05) is 23.9 Å². The third kappa shape index (κ3) is 2.65. The maximum absolute atomic E-state index is 10.9. The number of halogens is 1. The second kappa shape index (κ2) is 5.30. The standard InChI is InChI=1S/C15H18BrN3O/c1-2-19-14(17-10-18-19)9-15(20)6-5-11-7-13(16)4-3-12(11)8-15/h3-4,7,10,20H,2,5-6,8-9H2,1H3. The lowest BCUT2D eigenvalue weighted by atomic mass is 9.78. The van der Waals surface area contributed by atoms with E-state index in [1.807, 2.05) is 17.7 Å². The van der Waals surface area contributed by atoms with Gasteiger partial charge < -0.3 is 5.11 Å². The van der Waals surface area contributed by atoms with Crippen molar-refractivity contribution in [3.8, 4) is 0 Å². The maximum Gasteiger partial charge on any atom is 0.138 e. The highest BCUT2D eigenvalue weighted by Gasteiger charge is 2.33. The molecule has 0 spiro atoms. The van der Waals surface area contributed by atoms with E-state index in [0.29, 0.717) is 12.8 Å². The molecule has 1 aliphatic rings. The van der Waals surface area contributed by atoms with E-state index in [-0.39, 0.29) is 0 Å². The van der Waals surface area contributed by atoms with E-state index in [4.69, 9.17) is 0 Å². The molecule has 0 amide bonds. The van der Waals surface area contributed by atoms with Crippen molar-refractivity contribution < 1.29 is 5.11 Å². The largest absolute Gasteiger partial charge is 0.389 e. The molecule has 0 aliphatic heterocycles. The highest BCUT2D eigenvalue weighted by Crippen LogP contribution is 2.32. The van der Waals surface area contributed by atoms with Gasteiger partial charge in [-0.05, 0) is 43.0 Å². The number of hydrogen-bond donors (Lipinski definition) is 1. The van der Waals surface area contributed by atoms with Gasteiger partial charge in [-0.25, -0.2) is 4.98 Å². The van der Waals surface area contributed by atoms with E-state index in [9.17, 15) is 5.11 Å². The van der Waals surface area contributed by atoms with Gasteiger partial charge >= 0.3 is 0 Å². The van der Waals surface area contributed by atoms with Crippen molar-refractivity contribution in [2.24, 2.45) is 0 Å². The minimum atomic E-state index is -0.708. The molecule has 0 fully saturated rings. The van der Waals surface area contributed by atoms with Crippen molar-refractivity contribution >= 4 is 15.9 Å². The van der Waals surface area contributed by atoms with Gasteiger partial charge in [-0.2, -0.15) is 5.10 Å². The molecule has 3 rings (SSSR count). The van der Waals surface area contributed by atoms with Crippen LogP contribution in [0.1, 0.15) is 30.3 Å². The van der Waals surface area contributed by atoms with Crippen molar-refractivity contribution in [1.82, 2.24) is 14.8 Å². The second-order valence-corrected chi connectivity index (χ2v) is 6.40. The molecule has 4 nitrogen and oxygen atoms in total. The zero-order valence-electron chi connectivity index (χ0n) is 11.5. The number of aliphatic hydroxyl groups is 1. The second-order valence-electron chi connectivity index (χ2n) is 5.48. The molecular formula is C15H18BrN3O. The molecule has 1 aromatic heterocycles. The van der Waals surface area contributed by atoms with Crippen LogP contribution < -0.4 is 0 Å². The summed E-state index contributed by atoms with van der Waals surface area (Å²) in [7, 11) is 0. The summed E-state index contributed by atoms with van der Waals surface area (Å²) in [5, 5.41) is 15.1. The van der Waals surface area contributed by atoms with Crippen molar-refractivity contribution in [2.75, 3.05) is 0 Å². The van der Waals surface area contributed by atoms with Gasteiger partial charge in [-0.3, -0.25) is 4.68 Å². The molecule has 1 heterocycles. The summed E-state index contributed by atoms with van der Waals surface area (Å²) >= 11 is 3.50. The van der Waals surface area contributed by atoms with Crippen molar-refractivity contribution in [1.29, 1.82) is 0 Å². The molecule has 2 aromatic rings. The number of aryl methyl sites for hydroxylation is 2. The first-order chi connectivity index (χ1) is 9.59. The summed E-state index contributed by atoms with van der Waals surface area (Å²) in [5.41, 5.74) is 1.87. The third-order valence-electron chi connectivity index (χ3n) is 4.03. The maximum atomic E-state index is 10.9. The quantitative estimate of drug-likeness (QED) is 0.937. The van der Waals surface area contributed by atoms with E-state index in [0.717, 1.165) is 29.7 Å². The Morgan fingerprint density at radius 3 is 3.05 bits per heavy atom. The van der Waals surface area contributed by atoms with E-state index < -0.39 is 5.60 Å². The molecule has 1 aliphatic carbocycles. The molecule has 5 heteroatoms. The fraction of sp³-hybridized carbons (Fsp3) is 0.467. The predicted octanol–water partition coefficient (Wildman–Crippen LogP) is 2.52. The average molecular weight is 336 g/mol. The number of aromatic nitrogens is 3. The SMILES string of the molecule is CCn1ncnc1CC1(O)CCc2cc(Br)ccc2C1. The monoisotopic (exact) mass is 335 g/mol. The number of benzene rings is 1. The van der Waals surface area contributed by atoms with Crippen LogP contribution in [-0.2, 0) is 25.8 Å². The Bertz CT molecular complexity index is 625.